The summed E-state index contributed by atoms with van der Waals surface area (Å²) < 4.78 is 30.8. The normalized spacial score (nSPS) is 11.9. The average molecular weight is 325 g/mol. The van der Waals surface area contributed by atoms with Crippen LogP contribution in [0.25, 0.3) is 11.1 Å². The Morgan fingerprint density at radius 1 is 1.43 bits per heavy atom. The van der Waals surface area contributed by atoms with Gasteiger partial charge in [0.1, 0.15) is 5.52 Å². The van der Waals surface area contributed by atoms with Gasteiger partial charge in [-0.25, -0.2) is 17.7 Å². The molecular weight excluding hydrogens is 310 g/mol. The largest absolute Gasteiger partial charge is 0.431 e. The number of sulfonamides is 1. The van der Waals surface area contributed by atoms with Crippen LogP contribution in [0.15, 0.2) is 32.7 Å². The molecule has 1 aromatic carbocycles. The van der Waals surface area contributed by atoms with Gasteiger partial charge in [0.15, 0.2) is 5.58 Å². The number of nitrogens with zero attached hydrogens (tertiary/aromatic N) is 3. The predicted octanol–water partition coefficient (Wildman–Crippen LogP) is 2.47. The highest BCUT2D eigenvalue weighted by Crippen LogP contribution is 2.26. The lowest BCUT2D eigenvalue weighted by atomic mass is 10.3. The maximum atomic E-state index is 12.1. The highest BCUT2D eigenvalue weighted by Gasteiger charge is 2.18. The highest BCUT2D eigenvalue weighted by atomic mass is 32.2. The van der Waals surface area contributed by atoms with Crippen LogP contribution in [0.4, 0.5) is 0 Å². The summed E-state index contributed by atoms with van der Waals surface area (Å²) >= 11 is 1.42. The molecular formula is C13H15N3O3S2. The summed E-state index contributed by atoms with van der Waals surface area (Å²) in [5.41, 5.74) is 1.07. The molecule has 0 amide bonds. The molecule has 0 fully saturated rings. The SMILES string of the molecule is CN(C)S(=O)(=O)c1ccc2oc(SCCCC#N)nc2c1. The first-order valence-electron chi connectivity index (χ1n) is 6.28. The topological polar surface area (TPSA) is 87.2 Å². The maximum Gasteiger partial charge on any atom is 0.256 e. The van der Waals surface area contributed by atoms with Gasteiger partial charge in [-0.15, -0.1) is 0 Å². The molecule has 0 aliphatic carbocycles. The number of rotatable bonds is 6. The Morgan fingerprint density at radius 3 is 2.86 bits per heavy atom. The number of oxazole rings is 1. The fourth-order valence-corrected chi connectivity index (χ4v) is 3.33. The highest BCUT2D eigenvalue weighted by molar-refractivity contribution is 7.99. The molecule has 0 aliphatic rings. The Morgan fingerprint density at radius 2 is 2.19 bits per heavy atom. The van der Waals surface area contributed by atoms with Crippen LogP contribution in [-0.4, -0.2) is 37.6 Å². The van der Waals surface area contributed by atoms with Gasteiger partial charge in [-0.2, -0.15) is 5.26 Å². The van der Waals surface area contributed by atoms with Crippen LogP contribution in [0.5, 0.6) is 0 Å². The summed E-state index contributed by atoms with van der Waals surface area (Å²) in [6, 6.07) is 6.70. The number of thioether (sulfide) groups is 1. The molecule has 21 heavy (non-hydrogen) atoms. The van der Waals surface area contributed by atoms with Gasteiger partial charge in [-0.1, -0.05) is 11.8 Å². The number of nitriles is 1. The van der Waals surface area contributed by atoms with Crippen molar-refractivity contribution in [1.82, 2.24) is 9.29 Å². The van der Waals surface area contributed by atoms with E-state index in [-0.39, 0.29) is 4.90 Å². The van der Waals surface area contributed by atoms with E-state index in [1.165, 1.54) is 38.0 Å². The Hall–Kier alpha value is -1.56. The zero-order valence-electron chi connectivity index (χ0n) is 11.7. The molecule has 1 aromatic heterocycles. The molecule has 1 heterocycles. The number of unbranched alkanes of at least 4 members (excludes halogenated alkanes) is 1. The van der Waals surface area contributed by atoms with E-state index in [1.54, 1.807) is 6.07 Å². The zero-order chi connectivity index (χ0) is 15.5. The molecule has 0 radical (unpaired) electrons. The smallest absolute Gasteiger partial charge is 0.256 e. The second kappa shape index (κ2) is 6.47. The van der Waals surface area contributed by atoms with Gasteiger partial charge >= 0.3 is 0 Å². The first kappa shape index (κ1) is 15.8. The molecule has 0 atom stereocenters. The van der Waals surface area contributed by atoms with Crippen molar-refractivity contribution in [3.05, 3.63) is 18.2 Å². The molecule has 2 aromatic rings. The first-order chi connectivity index (χ1) is 9.95. The van der Waals surface area contributed by atoms with Crippen LogP contribution in [0.2, 0.25) is 0 Å². The summed E-state index contributed by atoms with van der Waals surface area (Å²) in [5, 5.41) is 8.96. The minimum atomic E-state index is -3.47. The molecule has 0 unspecified atom stereocenters. The van der Waals surface area contributed by atoms with Crippen LogP contribution < -0.4 is 0 Å². The fourth-order valence-electron chi connectivity index (χ4n) is 1.63. The van der Waals surface area contributed by atoms with Crippen LogP contribution in [0.3, 0.4) is 0 Å². The summed E-state index contributed by atoms with van der Waals surface area (Å²) in [6.07, 6.45) is 1.26. The van der Waals surface area contributed by atoms with Gasteiger partial charge in [0.2, 0.25) is 10.0 Å². The van der Waals surface area contributed by atoms with Crippen molar-refractivity contribution in [2.75, 3.05) is 19.8 Å². The molecule has 0 aliphatic heterocycles. The maximum absolute atomic E-state index is 12.1. The van der Waals surface area contributed by atoms with Crippen molar-refractivity contribution >= 4 is 32.9 Å². The van der Waals surface area contributed by atoms with Gasteiger partial charge in [-0.05, 0) is 24.6 Å². The van der Waals surface area contributed by atoms with E-state index in [9.17, 15) is 8.42 Å². The third kappa shape index (κ3) is 3.56. The number of hydrogen-bond acceptors (Lipinski definition) is 6. The van der Waals surface area contributed by atoms with E-state index in [2.05, 4.69) is 11.1 Å². The summed E-state index contributed by atoms with van der Waals surface area (Å²) in [4.78, 5) is 4.46. The second-order valence-corrected chi connectivity index (χ2v) is 7.70. The van der Waals surface area contributed by atoms with Crippen LogP contribution >= 0.6 is 11.8 Å². The van der Waals surface area contributed by atoms with Gasteiger partial charge in [0.05, 0.1) is 11.0 Å². The van der Waals surface area contributed by atoms with Crippen molar-refractivity contribution in [1.29, 1.82) is 5.26 Å². The van der Waals surface area contributed by atoms with Crippen LogP contribution in [0.1, 0.15) is 12.8 Å². The molecule has 0 saturated heterocycles. The van der Waals surface area contributed by atoms with Crippen LogP contribution in [0, 0.1) is 11.3 Å². The molecule has 0 saturated carbocycles. The molecule has 2 rings (SSSR count). The van der Waals surface area contributed by atoms with E-state index in [1.807, 2.05) is 0 Å². The zero-order valence-corrected chi connectivity index (χ0v) is 13.4. The molecule has 0 N–H and O–H groups in total. The molecule has 8 heteroatoms. The number of fused-ring (bicyclic) bond motifs is 1. The number of aromatic nitrogens is 1. The minimum absolute atomic E-state index is 0.189. The minimum Gasteiger partial charge on any atom is -0.431 e. The lowest BCUT2D eigenvalue weighted by Crippen LogP contribution is -2.22. The van der Waals surface area contributed by atoms with E-state index in [0.717, 1.165) is 16.5 Å². The second-order valence-electron chi connectivity index (χ2n) is 4.51. The molecule has 0 bridgehead atoms. The number of benzene rings is 1. The Balaban J connectivity index is 2.23. The monoisotopic (exact) mass is 325 g/mol. The van der Waals surface area contributed by atoms with Crippen molar-refractivity contribution in [3.63, 3.8) is 0 Å². The van der Waals surface area contributed by atoms with E-state index in [4.69, 9.17) is 9.68 Å². The predicted molar refractivity (Wildman–Crippen MR) is 80.5 cm³/mol. The van der Waals surface area contributed by atoms with Crippen LogP contribution in [-0.2, 0) is 10.0 Å². The van der Waals surface area contributed by atoms with Crippen molar-refractivity contribution in [2.45, 2.75) is 23.0 Å². The van der Waals surface area contributed by atoms with Gasteiger partial charge in [0.25, 0.3) is 5.22 Å². The lowest BCUT2D eigenvalue weighted by molar-refractivity contribution is 0.489. The van der Waals surface area contributed by atoms with Crippen molar-refractivity contribution in [3.8, 4) is 6.07 Å². The summed E-state index contributed by atoms with van der Waals surface area (Å²) in [5.74, 6) is 0.739. The Kier molecular flexibility index (Phi) is 4.88. The quantitative estimate of drug-likeness (QED) is 0.599. The summed E-state index contributed by atoms with van der Waals surface area (Å²) in [6.45, 7) is 0. The molecule has 6 nitrogen and oxygen atoms in total. The third-order valence-corrected chi connectivity index (χ3v) is 5.50. The van der Waals surface area contributed by atoms with Gasteiger partial charge in [-0.3, -0.25) is 0 Å². The fraction of sp³-hybridized carbons (Fsp3) is 0.385. The standard InChI is InChI=1S/C13H15N3O3S2/c1-16(2)21(17,18)10-5-6-12-11(9-10)15-13(19-12)20-8-4-3-7-14/h5-6,9H,3-4,8H2,1-2H3. The lowest BCUT2D eigenvalue weighted by Gasteiger charge is -2.10. The van der Waals surface area contributed by atoms with E-state index in [0.29, 0.717) is 22.7 Å². The van der Waals surface area contributed by atoms with E-state index >= 15 is 0 Å². The van der Waals surface area contributed by atoms with Crippen molar-refractivity contribution in [2.24, 2.45) is 0 Å². The average Bonchev–Trinajstić information content (AvgIpc) is 2.85. The molecule has 0 spiro atoms. The Labute approximate surface area is 127 Å². The third-order valence-electron chi connectivity index (χ3n) is 2.78. The Bertz CT molecular complexity index is 776. The molecule has 112 valence electrons. The first-order valence-corrected chi connectivity index (χ1v) is 8.70. The summed E-state index contributed by atoms with van der Waals surface area (Å²) in [7, 11) is -0.505. The van der Waals surface area contributed by atoms with Gasteiger partial charge < -0.3 is 4.42 Å². The van der Waals surface area contributed by atoms with Crippen molar-refractivity contribution < 1.29 is 12.8 Å². The number of hydrogen-bond donors (Lipinski definition) is 0. The van der Waals surface area contributed by atoms with E-state index < -0.39 is 10.0 Å². The van der Waals surface area contributed by atoms with Gasteiger partial charge in [0, 0.05) is 26.3 Å².